The monoisotopic (exact) mass is 424 g/mol. The normalized spacial score (nSPS) is 14.7. The van der Waals surface area contributed by atoms with Crippen LogP contribution in [0.25, 0.3) is 10.2 Å². The summed E-state index contributed by atoms with van der Waals surface area (Å²) in [5, 5.41) is 3.40. The summed E-state index contributed by atoms with van der Waals surface area (Å²) in [6.07, 6.45) is 0.257. The van der Waals surface area contributed by atoms with Crippen LogP contribution >= 0.6 is 11.3 Å². The summed E-state index contributed by atoms with van der Waals surface area (Å²) >= 11 is 1.38. The molecule has 0 radical (unpaired) electrons. The molecule has 7 nitrogen and oxygen atoms in total. The molecule has 0 unspecified atom stereocenters. The predicted molar refractivity (Wildman–Crippen MR) is 118 cm³/mol. The summed E-state index contributed by atoms with van der Waals surface area (Å²) in [5.41, 5.74) is 2.33. The van der Waals surface area contributed by atoms with Crippen LogP contribution in [-0.2, 0) is 11.2 Å². The first-order valence-electron chi connectivity index (χ1n) is 9.83. The van der Waals surface area contributed by atoms with Gasteiger partial charge in [0.1, 0.15) is 5.75 Å². The van der Waals surface area contributed by atoms with E-state index in [9.17, 15) is 9.59 Å². The standard InChI is InChI=1S/C22H24N4O3S/c1-25-9-11-26(12-10-25)21(28)16-5-8-18-19(14-16)30-22(23-18)24-20(27)13-15-3-6-17(29-2)7-4-15/h3-8,14H,9-13H2,1-2H3,(H,23,24,27). The van der Waals surface area contributed by atoms with Gasteiger partial charge < -0.3 is 19.9 Å². The van der Waals surface area contributed by atoms with Crippen molar-refractivity contribution in [3.63, 3.8) is 0 Å². The number of methoxy groups -OCH3 is 1. The molecule has 0 spiro atoms. The van der Waals surface area contributed by atoms with Crippen molar-refractivity contribution in [1.29, 1.82) is 0 Å². The minimum absolute atomic E-state index is 0.0449. The number of hydrogen-bond donors (Lipinski definition) is 1. The Morgan fingerprint density at radius 1 is 1.10 bits per heavy atom. The van der Waals surface area contributed by atoms with E-state index in [0.29, 0.717) is 10.7 Å². The lowest BCUT2D eigenvalue weighted by Crippen LogP contribution is -2.47. The fraction of sp³-hybridized carbons (Fsp3) is 0.318. The number of rotatable bonds is 5. The lowest BCUT2D eigenvalue weighted by atomic mass is 10.1. The second-order valence-corrected chi connectivity index (χ2v) is 8.40. The van der Waals surface area contributed by atoms with Gasteiger partial charge in [-0.25, -0.2) is 4.98 Å². The Bertz CT molecular complexity index is 1060. The van der Waals surface area contributed by atoms with E-state index in [4.69, 9.17) is 4.74 Å². The van der Waals surface area contributed by atoms with Crippen LogP contribution in [0.15, 0.2) is 42.5 Å². The average molecular weight is 425 g/mol. The van der Waals surface area contributed by atoms with Crippen molar-refractivity contribution in [3.05, 3.63) is 53.6 Å². The van der Waals surface area contributed by atoms with Crippen LogP contribution in [-0.4, -0.2) is 66.9 Å². The number of nitrogens with one attached hydrogen (secondary N) is 1. The van der Waals surface area contributed by atoms with Crippen LogP contribution in [0.4, 0.5) is 5.13 Å². The van der Waals surface area contributed by atoms with Crippen LogP contribution in [0.1, 0.15) is 15.9 Å². The predicted octanol–water partition coefficient (Wildman–Crippen LogP) is 2.87. The zero-order chi connectivity index (χ0) is 21.1. The van der Waals surface area contributed by atoms with Gasteiger partial charge in [0, 0.05) is 31.7 Å². The Balaban J connectivity index is 1.42. The van der Waals surface area contributed by atoms with E-state index in [1.165, 1.54) is 11.3 Å². The first-order valence-corrected chi connectivity index (χ1v) is 10.6. The number of piperazine rings is 1. The maximum atomic E-state index is 12.8. The summed E-state index contributed by atoms with van der Waals surface area (Å²) in [5.74, 6) is 0.670. The van der Waals surface area contributed by atoms with E-state index in [1.807, 2.05) is 47.4 Å². The van der Waals surface area contributed by atoms with Crippen molar-refractivity contribution in [2.75, 3.05) is 45.7 Å². The van der Waals surface area contributed by atoms with Gasteiger partial charge in [-0.1, -0.05) is 23.5 Å². The van der Waals surface area contributed by atoms with E-state index >= 15 is 0 Å². The van der Waals surface area contributed by atoms with Gasteiger partial charge in [0.2, 0.25) is 5.91 Å². The number of thiazole rings is 1. The fourth-order valence-electron chi connectivity index (χ4n) is 3.40. The molecule has 2 heterocycles. The molecule has 3 aromatic rings. The number of aromatic nitrogens is 1. The Morgan fingerprint density at radius 2 is 1.83 bits per heavy atom. The second kappa shape index (κ2) is 8.81. The quantitative estimate of drug-likeness (QED) is 0.682. The number of ether oxygens (including phenoxy) is 1. The lowest BCUT2D eigenvalue weighted by molar-refractivity contribution is -0.115. The SMILES string of the molecule is COc1ccc(CC(=O)Nc2nc3ccc(C(=O)N4CCN(C)CC4)cc3s2)cc1. The van der Waals surface area contributed by atoms with Crippen molar-refractivity contribution in [1.82, 2.24) is 14.8 Å². The average Bonchev–Trinajstić information content (AvgIpc) is 3.15. The van der Waals surface area contributed by atoms with Gasteiger partial charge >= 0.3 is 0 Å². The van der Waals surface area contributed by atoms with Crippen molar-refractivity contribution in [3.8, 4) is 5.75 Å². The topological polar surface area (TPSA) is 74.8 Å². The first-order chi connectivity index (χ1) is 14.5. The minimum atomic E-state index is -0.132. The number of likely N-dealkylation sites (N-methyl/N-ethyl adjacent to an activating group) is 1. The Kier molecular flexibility index (Phi) is 5.96. The number of benzene rings is 2. The highest BCUT2D eigenvalue weighted by molar-refractivity contribution is 7.22. The van der Waals surface area contributed by atoms with Gasteiger partial charge in [0.25, 0.3) is 5.91 Å². The van der Waals surface area contributed by atoms with Gasteiger partial charge in [0.15, 0.2) is 5.13 Å². The van der Waals surface area contributed by atoms with Crippen molar-refractivity contribution >= 4 is 38.5 Å². The number of carbonyl (C=O) groups excluding carboxylic acids is 2. The maximum Gasteiger partial charge on any atom is 0.253 e. The number of amides is 2. The van der Waals surface area contributed by atoms with Gasteiger partial charge in [-0.15, -0.1) is 0 Å². The van der Waals surface area contributed by atoms with E-state index in [2.05, 4.69) is 22.2 Å². The van der Waals surface area contributed by atoms with Crippen molar-refractivity contribution in [2.24, 2.45) is 0 Å². The molecule has 1 aromatic heterocycles. The highest BCUT2D eigenvalue weighted by atomic mass is 32.1. The molecule has 0 aliphatic carbocycles. The van der Waals surface area contributed by atoms with Crippen molar-refractivity contribution < 1.29 is 14.3 Å². The third-order valence-electron chi connectivity index (χ3n) is 5.20. The molecule has 1 aliphatic rings. The van der Waals surface area contributed by atoms with Gasteiger partial charge in [-0.3, -0.25) is 9.59 Å². The summed E-state index contributed by atoms with van der Waals surface area (Å²) in [7, 11) is 3.68. The van der Waals surface area contributed by atoms with Gasteiger partial charge in [0.05, 0.1) is 23.7 Å². The molecular formula is C22H24N4O3S. The molecule has 1 N–H and O–H groups in total. The van der Waals surface area contributed by atoms with Crippen molar-refractivity contribution in [2.45, 2.75) is 6.42 Å². The van der Waals surface area contributed by atoms with Crippen LogP contribution in [0, 0.1) is 0 Å². The summed E-state index contributed by atoms with van der Waals surface area (Å²) < 4.78 is 6.02. The molecule has 2 aromatic carbocycles. The highest BCUT2D eigenvalue weighted by Crippen LogP contribution is 2.27. The minimum Gasteiger partial charge on any atom is -0.497 e. The van der Waals surface area contributed by atoms with E-state index in [0.717, 1.165) is 47.7 Å². The molecule has 0 atom stereocenters. The maximum absolute atomic E-state index is 12.8. The van der Waals surface area contributed by atoms with Crippen LogP contribution < -0.4 is 10.1 Å². The lowest BCUT2D eigenvalue weighted by Gasteiger charge is -2.32. The molecule has 0 bridgehead atoms. The smallest absolute Gasteiger partial charge is 0.253 e. The summed E-state index contributed by atoms with van der Waals surface area (Å²) in [4.78, 5) is 33.8. The number of nitrogens with zero attached hydrogens (tertiary/aromatic N) is 3. The first kappa shape index (κ1) is 20.3. The Hall–Kier alpha value is -2.97. The molecule has 1 aliphatic heterocycles. The van der Waals surface area contributed by atoms with E-state index < -0.39 is 0 Å². The molecule has 1 fully saturated rings. The molecule has 156 valence electrons. The van der Waals surface area contributed by atoms with E-state index in [-0.39, 0.29) is 18.2 Å². The third-order valence-corrected chi connectivity index (χ3v) is 6.13. The van der Waals surface area contributed by atoms with Crippen LogP contribution in [0.5, 0.6) is 5.75 Å². The highest BCUT2D eigenvalue weighted by Gasteiger charge is 2.21. The second-order valence-electron chi connectivity index (χ2n) is 7.37. The van der Waals surface area contributed by atoms with Gasteiger partial charge in [-0.2, -0.15) is 0 Å². The fourth-order valence-corrected chi connectivity index (χ4v) is 4.32. The Labute approximate surface area is 179 Å². The zero-order valence-electron chi connectivity index (χ0n) is 17.1. The molecular weight excluding hydrogens is 400 g/mol. The Morgan fingerprint density at radius 3 is 2.53 bits per heavy atom. The molecule has 4 rings (SSSR count). The summed E-state index contributed by atoms with van der Waals surface area (Å²) in [6, 6.07) is 12.9. The number of fused-ring (bicyclic) bond motifs is 1. The number of carbonyl (C=O) groups is 2. The third kappa shape index (κ3) is 4.60. The molecule has 0 saturated carbocycles. The molecule has 2 amide bonds. The summed E-state index contributed by atoms with van der Waals surface area (Å²) in [6.45, 7) is 3.25. The van der Waals surface area contributed by atoms with Crippen LogP contribution in [0.3, 0.4) is 0 Å². The molecule has 30 heavy (non-hydrogen) atoms. The molecule has 8 heteroatoms. The largest absolute Gasteiger partial charge is 0.497 e. The number of anilines is 1. The van der Waals surface area contributed by atoms with Gasteiger partial charge in [-0.05, 0) is 42.9 Å². The van der Waals surface area contributed by atoms with E-state index in [1.54, 1.807) is 7.11 Å². The number of hydrogen-bond acceptors (Lipinski definition) is 6. The zero-order valence-corrected chi connectivity index (χ0v) is 17.9. The molecule has 1 saturated heterocycles. The van der Waals surface area contributed by atoms with Crippen LogP contribution in [0.2, 0.25) is 0 Å².